The quantitative estimate of drug-likeness (QED) is 0.310. The van der Waals surface area contributed by atoms with Gasteiger partial charge < -0.3 is 14.3 Å². The van der Waals surface area contributed by atoms with E-state index in [-0.39, 0.29) is 11.7 Å². The summed E-state index contributed by atoms with van der Waals surface area (Å²) in [5.74, 6) is 0.710. The SMILES string of the molecule is COc1ccccc1C1=NC(=Cc2cn(C)c3ccccc23)C(=O)N1CCc1c[nH]c2ccc(F)cc12. The predicted molar refractivity (Wildman–Crippen MR) is 144 cm³/mol. The summed E-state index contributed by atoms with van der Waals surface area (Å²) in [5, 5.41) is 1.87. The molecule has 3 aromatic carbocycles. The molecule has 0 radical (unpaired) electrons. The van der Waals surface area contributed by atoms with Crippen LogP contribution < -0.4 is 4.74 Å². The van der Waals surface area contributed by atoms with E-state index in [0.717, 1.165) is 38.5 Å². The standard InChI is InChI=1S/C30H25FN4O2/c1-34-18-20(22-7-3-5-9-27(22)34)15-26-30(36)35(29(33-26)23-8-4-6-10-28(23)37-2)14-13-19-17-32-25-12-11-21(31)16-24(19)25/h3-12,15-18,32H,13-14H2,1-2H3. The molecule has 184 valence electrons. The molecule has 6 nitrogen and oxygen atoms in total. The Labute approximate surface area is 213 Å². The molecule has 5 aromatic rings. The Hall–Kier alpha value is -4.65. The molecule has 0 aliphatic carbocycles. The Balaban J connectivity index is 1.40. The van der Waals surface area contributed by atoms with Crippen molar-refractivity contribution in [3.05, 3.63) is 107 Å². The number of hydrogen-bond donors (Lipinski definition) is 1. The molecule has 0 unspecified atom stereocenters. The second-order valence-corrected chi connectivity index (χ2v) is 9.09. The number of aromatic amines is 1. The highest BCUT2D eigenvalue weighted by atomic mass is 19.1. The molecule has 37 heavy (non-hydrogen) atoms. The molecule has 3 heterocycles. The second-order valence-electron chi connectivity index (χ2n) is 9.09. The third kappa shape index (κ3) is 3.98. The fraction of sp³-hybridized carbons (Fsp3) is 0.133. The molecule has 0 saturated heterocycles. The van der Waals surface area contributed by atoms with Gasteiger partial charge in [-0.25, -0.2) is 9.38 Å². The van der Waals surface area contributed by atoms with Gasteiger partial charge >= 0.3 is 0 Å². The first-order chi connectivity index (χ1) is 18.0. The van der Waals surface area contributed by atoms with Crippen LogP contribution in [0.15, 0.2) is 89.8 Å². The van der Waals surface area contributed by atoms with Crippen molar-refractivity contribution >= 4 is 39.6 Å². The van der Waals surface area contributed by atoms with Crippen molar-refractivity contribution < 1.29 is 13.9 Å². The number of amides is 1. The summed E-state index contributed by atoms with van der Waals surface area (Å²) in [6, 6.07) is 20.3. The number of H-pyrrole nitrogens is 1. The number of fused-ring (bicyclic) bond motifs is 2. The van der Waals surface area contributed by atoms with Crippen molar-refractivity contribution in [3.8, 4) is 5.75 Å². The van der Waals surface area contributed by atoms with Crippen molar-refractivity contribution in [3.63, 3.8) is 0 Å². The van der Waals surface area contributed by atoms with E-state index in [0.29, 0.717) is 30.2 Å². The molecule has 0 atom stereocenters. The molecule has 1 aliphatic rings. The van der Waals surface area contributed by atoms with Crippen molar-refractivity contribution in [2.75, 3.05) is 13.7 Å². The highest BCUT2D eigenvalue weighted by molar-refractivity contribution is 6.20. The third-order valence-corrected chi connectivity index (χ3v) is 6.85. The lowest BCUT2D eigenvalue weighted by Gasteiger charge is -2.19. The fourth-order valence-corrected chi connectivity index (χ4v) is 5.02. The van der Waals surface area contributed by atoms with E-state index in [2.05, 4.69) is 4.98 Å². The average molecular weight is 493 g/mol. The Kier molecular flexibility index (Phi) is 5.60. The van der Waals surface area contributed by atoms with Gasteiger partial charge in [0.05, 0.1) is 12.7 Å². The molecule has 6 rings (SSSR count). The number of aliphatic imine (C=N–C) groups is 1. The summed E-state index contributed by atoms with van der Waals surface area (Å²) >= 11 is 0. The van der Waals surface area contributed by atoms with Gasteiger partial charge in [0, 0.05) is 53.4 Å². The number of halogens is 1. The lowest BCUT2D eigenvalue weighted by atomic mass is 10.1. The Morgan fingerprint density at radius 3 is 2.73 bits per heavy atom. The Morgan fingerprint density at radius 1 is 1.05 bits per heavy atom. The average Bonchev–Trinajstić information content (AvgIpc) is 3.56. The van der Waals surface area contributed by atoms with Crippen molar-refractivity contribution in [2.24, 2.45) is 12.0 Å². The van der Waals surface area contributed by atoms with Crippen LogP contribution in [-0.2, 0) is 18.3 Å². The van der Waals surface area contributed by atoms with Gasteiger partial charge in [-0.3, -0.25) is 9.69 Å². The molecule has 0 spiro atoms. The zero-order chi connectivity index (χ0) is 25.5. The minimum atomic E-state index is -0.290. The van der Waals surface area contributed by atoms with Crippen LogP contribution in [0.2, 0.25) is 0 Å². The maximum atomic E-state index is 13.9. The Morgan fingerprint density at radius 2 is 1.86 bits per heavy atom. The zero-order valence-corrected chi connectivity index (χ0v) is 20.5. The van der Waals surface area contributed by atoms with Crippen molar-refractivity contribution in [1.29, 1.82) is 0 Å². The molecular formula is C30H25FN4O2. The number of rotatable bonds is 6. The number of aryl methyl sites for hydroxylation is 1. The fourth-order valence-electron chi connectivity index (χ4n) is 5.02. The lowest BCUT2D eigenvalue weighted by Crippen LogP contribution is -2.34. The predicted octanol–water partition coefficient (Wildman–Crippen LogP) is 5.68. The number of aromatic nitrogens is 2. The van der Waals surface area contributed by atoms with Gasteiger partial charge in [0.15, 0.2) is 0 Å². The third-order valence-electron chi connectivity index (χ3n) is 6.85. The van der Waals surface area contributed by atoms with Crippen molar-refractivity contribution in [1.82, 2.24) is 14.5 Å². The number of methoxy groups -OCH3 is 1. The maximum Gasteiger partial charge on any atom is 0.278 e. The number of nitrogens with zero attached hydrogens (tertiary/aromatic N) is 3. The first-order valence-electron chi connectivity index (χ1n) is 12.1. The molecule has 1 N–H and O–H groups in total. The summed E-state index contributed by atoms with van der Waals surface area (Å²) in [7, 11) is 3.59. The topological polar surface area (TPSA) is 62.6 Å². The zero-order valence-electron chi connectivity index (χ0n) is 20.5. The van der Waals surface area contributed by atoms with Crippen LogP contribution in [0.5, 0.6) is 5.75 Å². The van der Waals surface area contributed by atoms with E-state index >= 15 is 0 Å². The molecule has 0 bridgehead atoms. The van der Waals surface area contributed by atoms with Gasteiger partial charge in [-0.1, -0.05) is 30.3 Å². The van der Waals surface area contributed by atoms with Gasteiger partial charge in [-0.05, 0) is 54.5 Å². The lowest BCUT2D eigenvalue weighted by molar-refractivity contribution is -0.122. The maximum absolute atomic E-state index is 13.9. The first-order valence-corrected chi connectivity index (χ1v) is 12.1. The smallest absolute Gasteiger partial charge is 0.278 e. The van der Waals surface area contributed by atoms with Gasteiger partial charge in [-0.2, -0.15) is 0 Å². The van der Waals surface area contributed by atoms with Crippen LogP contribution in [0.25, 0.3) is 27.9 Å². The van der Waals surface area contributed by atoms with Gasteiger partial charge in [0.2, 0.25) is 0 Å². The van der Waals surface area contributed by atoms with Crippen LogP contribution in [0, 0.1) is 5.82 Å². The number of para-hydroxylation sites is 2. The number of ether oxygens (including phenoxy) is 1. The van der Waals surface area contributed by atoms with E-state index in [1.165, 1.54) is 12.1 Å². The van der Waals surface area contributed by atoms with E-state index in [4.69, 9.17) is 9.73 Å². The van der Waals surface area contributed by atoms with E-state index in [9.17, 15) is 9.18 Å². The number of amidine groups is 1. The van der Waals surface area contributed by atoms with Gasteiger partial charge in [0.1, 0.15) is 23.1 Å². The van der Waals surface area contributed by atoms with Crippen LogP contribution in [0.4, 0.5) is 4.39 Å². The van der Waals surface area contributed by atoms with Gasteiger partial charge in [-0.15, -0.1) is 0 Å². The summed E-state index contributed by atoms with van der Waals surface area (Å²) < 4.78 is 21.5. The summed E-state index contributed by atoms with van der Waals surface area (Å²) in [6.07, 6.45) is 6.26. The van der Waals surface area contributed by atoms with Crippen molar-refractivity contribution in [2.45, 2.75) is 6.42 Å². The largest absolute Gasteiger partial charge is 0.496 e. The number of nitrogens with one attached hydrogen (secondary N) is 1. The molecule has 1 aliphatic heterocycles. The minimum absolute atomic E-state index is 0.181. The highest BCUT2D eigenvalue weighted by Gasteiger charge is 2.32. The molecule has 0 fully saturated rings. The molecule has 2 aromatic heterocycles. The normalized spacial score (nSPS) is 14.8. The van der Waals surface area contributed by atoms with Crippen LogP contribution in [0.3, 0.4) is 0 Å². The number of hydrogen-bond acceptors (Lipinski definition) is 3. The van der Waals surface area contributed by atoms with Gasteiger partial charge in [0.25, 0.3) is 5.91 Å². The molecule has 0 saturated carbocycles. The highest BCUT2D eigenvalue weighted by Crippen LogP contribution is 2.30. The molecule has 7 heteroatoms. The second kappa shape index (κ2) is 9.09. The van der Waals surface area contributed by atoms with Crippen LogP contribution in [0.1, 0.15) is 16.7 Å². The number of carbonyl (C=O) groups excluding carboxylic acids is 1. The van der Waals surface area contributed by atoms with Crippen LogP contribution >= 0.6 is 0 Å². The molecule has 1 amide bonds. The summed E-state index contributed by atoms with van der Waals surface area (Å²) in [5.41, 5.74) is 4.91. The monoisotopic (exact) mass is 492 g/mol. The number of carbonyl (C=O) groups is 1. The van der Waals surface area contributed by atoms with E-state index < -0.39 is 0 Å². The van der Waals surface area contributed by atoms with E-state index in [1.54, 1.807) is 18.1 Å². The molecular weight excluding hydrogens is 467 g/mol. The first kappa shape index (κ1) is 22.8. The minimum Gasteiger partial charge on any atom is -0.496 e. The van der Waals surface area contributed by atoms with E-state index in [1.807, 2.05) is 78.6 Å². The number of benzene rings is 3. The summed E-state index contributed by atoms with van der Waals surface area (Å²) in [6.45, 7) is 0.381. The summed E-state index contributed by atoms with van der Waals surface area (Å²) in [4.78, 5) is 23.4. The Bertz CT molecular complexity index is 1730. The van der Waals surface area contributed by atoms with Crippen LogP contribution in [-0.4, -0.2) is 39.8 Å².